The summed E-state index contributed by atoms with van der Waals surface area (Å²) in [5, 5.41) is 0. The molecule has 7 heteroatoms. The number of carbonyl (C=O) groups excluding carboxylic acids is 1. The number of nitrogens with two attached hydrogens (primary N) is 1. The normalized spacial score (nSPS) is 11.1. The molecule has 0 aliphatic carbocycles. The fourth-order valence-corrected chi connectivity index (χ4v) is 1.52. The molecule has 0 saturated heterocycles. The van der Waals surface area contributed by atoms with E-state index in [9.17, 15) is 13.2 Å². The fourth-order valence-electron chi connectivity index (χ4n) is 0.932. The lowest BCUT2D eigenvalue weighted by molar-refractivity contribution is 0.0595. The van der Waals surface area contributed by atoms with Crippen molar-refractivity contribution in [3.05, 3.63) is 18.0 Å². The molecule has 0 saturated carbocycles. The summed E-state index contributed by atoms with van der Waals surface area (Å²) in [6.07, 6.45) is 2.10. The molecule has 1 rings (SSSR count). The van der Waals surface area contributed by atoms with Gasteiger partial charge < -0.3 is 10.5 Å². The predicted molar refractivity (Wildman–Crippen MR) is 53.1 cm³/mol. The van der Waals surface area contributed by atoms with Crippen molar-refractivity contribution in [2.45, 2.75) is 4.90 Å². The van der Waals surface area contributed by atoms with E-state index in [-0.39, 0.29) is 16.3 Å². The molecule has 0 aliphatic heterocycles. The maximum absolute atomic E-state index is 11.1. The molecule has 2 N–H and O–H groups in total. The zero-order valence-electron chi connectivity index (χ0n) is 8.22. The predicted octanol–water partition coefficient (Wildman–Crippen LogP) is -0.146. The largest absolute Gasteiger partial charge is 0.464 e. The molecule has 6 nitrogen and oxygen atoms in total. The highest BCUT2D eigenvalue weighted by atomic mass is 32.2. The van der Waals surface area contributed by atoms with E-state index in [0.717, 1.165) is 12.5 Å². The summed E-state index contributed by atoms with van der Waals surface area (Å²) in [7, 11) is -2.18. The number of rotatable bonds is 2. The maximum atomic E-state index is 11.1. The third-order valence-electron chi connectivity index (χ3n) is 1.70. The molecule has 0 fully saturated rings. The van der Waals surface area contributed by atoms with E-state index in [1.165, 1.54) is 13.2 Å². The van der Waals surface area contributed by atoms with Gasteiger partial charge in [-0.3, -0.25) is 0 Å². The first-order valence-corrected chi connectivity index (χ1v) is 5.79. The topological polar surface area (TPSA) is 99.3 Å². The van der Waals surface area contributed by atoms with Gasteiger partial charge in [-0.15, -0.1) is 0 Å². The molecule has 0 unspecified atom stereocenters. The number of methoxy groups -OCH3 is 1. The number of anilines is 1. The highest BCUT2D eigenvalue weighted by Gasteiger charge is 2.15. The lowest BCUT2D eigenvalue weighted by atomic mass is 10.3. The van der Waals surface area contributed by atoms with Crippen LogP contribution in [0.1, 0.15) is 10.5 Å². The van der Waals surface area contributed by atoms with Gasteiger partial charge in [0, 0.05) is 12.5 Å². The van der Waals surface area contributed by atoms with Crippen LogP contribution in [0.3, 0.4) is 0 Å². The van der Waals surface area contributed by atoms with Gasteiger partial charge in [0.15, 0.2) is 15.5 Å². The molecule has 0 aromatic carbocycles. The smallest absolute Gasteiger partial charge is 0.358 e. The SMILES string of the molecule is COC(=O)c1ncc(S(C)(=O)=O)cc1N. The number of pyridine rings is 1. The quantitative estimate of drug-likeness (QED) is 0.709. The van der Waals surface area contributed by atoms with Gasteiger partial charge in [0.05, 0.1) is 17.7 Å². The number of aromatic nitrogens is 1. The zero-order chi connectivity index (χ0) is 11.6. The molecule has 0 amide bonds. The average Bonchev–Trinajstić information content (AvgIpc) is 2.15. The van der Waals surface area contributed by atoms with E-state index >= 15 is 0 Å². The van der Waals surface area contributed by atoms with Crippen LogP contribution in [0.15, 0.2) is 17.2 Å². The van der Waals surface area contributed by atoms with Crippen LogP contribution in [-0.4, -0.2) is 32.7 Å². The number of sulfone groups is 1. The summed E-state index contributed by atoms with van der Waals surface area (Å²) in [6, 6.07) is 1.18. The van der Waals surface area contributed by atoms with Gasteiger partial charge in [0.1, 0.15) is 0 Å². The van der Waals surface area contributed by atoms with Gasteiger partial charge >= 0.3 is 5.97 Å². The second-order valence-corrected chi connectivity index (χ2v) is 4.89. The monoisotopic (exact) mass is 230 g/mol. The van der Waals surface area contributed by atoms with Crippen LogP contribution in [0.25, 0.3) is 0 Å². The number of nitrogen functional groups attached to an aromatic ring is 1. The van der Waals surface area contributed by atoms with E-state index < -0.39 is 15.8 Å². The molecule has 1 aromatic rings. The summed E-state index contributed by atoms with van der Waals surface area (Å²) in [4.78, 5) is 14.7. The second-order valence-electron chi connectivity index (χ2n) is 2.87. The van der Waals surface area contributed by atoms with E-state index in [0.29, 0.717) is 0 Å². The Hall–Kier alpha value is -1.63. The Balaban J connectivity index is 3.27. The Kier molecular flexibility index (Phi) is 2.94. The van der Waals surface area contributed by atoms with Crippen LogP contribution >= 0.6 is 0 Å². The van der Waals surface area contributed by atoms with Crippen molar-refractivity contribution in [1.82, 2.24) is 4.98 Å². The summed E-state index contributed by atoms with van der Waals surface area (Å²) in [5.74, 6) is -0.701. The number of nitrogens with zero attached hydrogens (tertiary/aromatic N) is 1. The van der Waals surface area contributed by atoms with Crippen LogP contribution < -0.4 is 5.73 Å². The van der Waals surface area contributed by atoms with Gasteiger partial charge in [0.2, 0.25) is 0 Å². The first-order valence-electron chi connectivity index (χ1n) is 3.90. The van der Waals surface area contributed by atoms with E-state index in [4.69, 9.17) is 5.73 Å². The van der Waals surface area contributed by atoms with Gasteiger partial charge in [-0.05, 0) is 6.07 Å². The molecule has 0 aliphatic rings. The van der Waals surface area contributed by atoms with E-state index in [1.807, 2.05) is 0 Å². The molecular weight excluding hydrogens is 220 g/mol. The van der Waals surface area contributed by atoms with Gasteiger partial charge in [0.25, 0.3) is 0 Å². The highest BCUT2D eigenvalue weighted by Crippen LogP contribution is 2.15. The summed E-state index contributed by atoms with van der Waals surface area (Å²) >= 11 is 0. The van der Waals surface area contributed by atoms with Crippen molar-refractivity contribution in [2.75, 3.05) is 19.1 Å². The molecule has 15 heavy (non-hydrogen) atoms. The Bertz CT molecular complexity index is 495. The van der Waals surface area contributed by atoms with Gasteiger partial charge in [-0.2, -0.15) is 0 Å². The first kappa shape index (κ1) is 11.4. The minimum absolute atomic E-state index is 0.0234. The van der Waals surface area contributed by atoms with Crippen molar-refractivity contribution in [2.24, 2.45) is 0 Å². The Morgan fingerprint density at radius 3 is 2.53 bits per heavy atom. The zero-order valence-corrected chi connectivity index (χ0v) is 9.04. The number of ether oxygens (including phenoxy) is 1. The van der Waals surface area contributed by atoms with Gasteiger partial charge in [-0.1, -0.05) is 0 Å². The number of hydrogen-bond donors (Lipinski definition) is 1. The van der Waals surface area contributed by atoms with Crippen molar-refractivity contribution in [3.63, 3.8) is 0 Å². The van der Waals surface area contributed by atoms with Crippen LogP contribution in [0, 0.1) is 0 Å². The minimum Gasteiger partial charge on any atom is -0.464 e. The van der Waals surface area contributed by atoms with Gasteiger partial charge in [-0.25, -0.2) is 18.2 Å². The highest BCUT2D eigenvalue weighted by molar-refractivity contribution is 7.90. The molecule has 1 aromatic heterocycles. The maximum Gasteiger partial charge on any atom is 0.358 e. The summed E-state index contributed by atoms with van der Waals surface area (Å²) in [6.45, 7) is 0. The molecular formula is C8H10N2O4S. The standard InChI is InChI=1S/C8H10N2O4S/c1-14-8(11)7-6(9)3-5(4-10-7)15(2,12)13/h3-4H,9H2,1-2H3. The Morgan fingerprint density at radius 1 is 1.53 bits per heavy atom. The van der Waals surface area contributed by atoms with Crippen molar-refractivity contribution in [3.8, 4) is 0 Å². The summed E-state index contributed by atoms with van der Waals surface area (Å²) in [5.41, 5.74) is 5.35. The number of hydrogen-bond acceptors (Lipinski definition) is 6. The lowest BCUT2D eigenvalue weighted by Gasteiger charge is -2.04. The molecule has 1 heterocycles. The molecule has 0 spiro atoms. The average molecular weight is 230 g/mol. The Labute approximate surface area is 87.0 Å². The fraction of sp³-hybridized carbons (Fsp3) is 0.250. The van der Waals surface area contributed by atoms with Crippen molar-refractivity contribution in [1.29, 1.82) is 0 Å². The number of carbonyl (C=O) groups is 1. The second kappa shape index (κ2) is 3.85. The van der Waals surface area contributed by atoms with Crippen LogP contribution in [0.4, 0.5) is 5.69 Å². The molecule has 82 valence electrons. The Morgan fingerprint density at radius 2 is 2.13 bits per heavy atom. The van der Waals surface area contributed by atoms with Crippen LogP contribution in [-0.2, 0) is 14.6 Å². The molecule has 0 bridgehead atoms. The van der Waals surface area contributed by atoms with Crippen LogP contribution in [0.5, 0.6) is 0 Å². The number of esters is 1. The molecule has 0 radical (unpaired) electrons. The third-order valence-corrected chi connectivity index (χ3v) is 2.78. The van der Waals surface area contributed by atoms with Crippen molar-refractivity contribution < 1.29 is 17.9 Å². The van der Waals surface area contributed by atoms with Crippen LogP contribution in [0.2, 0.25) is 0 Å². The van der Waals surface area contributed by atoms with E-state index in [2.05, 4.69) is 9.72 Å². The summed E-state index contributed by atoms with van der Waals surface area (Å²) < 4.78 is 26.7. The first-order chi connectivity index (χ1) is 6.86. The van der Waals surface area contributed by atoms with Crippen molar-refractivity contribution >= 4 is 21.5 Å². The molecule has 0 atom stereocenters. The van der Waals surface area contributed by atoms with E-state index in [1.54, 1.807) is 0 Å². The third kappa shape index (κ3) is 2.44. The lowest BCUT2D eigenvalue weighted by Crippen LogP contribution is -2.10. The minimum atomic E-state index is -3.37.